The van der Waals surface area contributed by atoms with Crippen LogP contribution in [0.4, 0.5) is 5.69 Å². The third kappa shape index (κ3) is 4.57. The van der Waals surface area contributed by atoms with Gasteiger partial charge in [0.2, 0.25) is 0 Å². The Morgan fingerprint density at radius 1 is 0.875 bits per heavy atom. The van der Waals surface area contributed by atoms with Crippen LogP contribution >= 0.6 is 0 Å². The molecule has 0 aliphatic carbocycles. The molecule has 0 spiro atoms. The first-order valence-corrected chi connectivity index (χ1v) is 11.9. The summed E-state index contributed by atoms with van der Waals surface area (Å²) in [6.45, 7) is 4.95. The van der Waals surface area contributed by atoms with Gasteiger partial charge >= 0.3 is 0 Å². The number of aliphatic imine (C=N–C) groups is 1. The topological polar surface area (TPSA) is 88.1 Å². The van der Waals surface area contributed by atoms with E-state index < -0.39 is 10.0 Å². The van der Waals surface area contributed by atoms with Crippen LogP contribution < -0.4 is 5.73 Å². The van der Waals surface area contributed by atoms with Crippen LogP contribution in [0.3, 0.4) is 0 Å². The summed E-state index contributed by atoms with van der Waals surface area (Å²) < 4.78 is 30.0. The zero-order chi connectivity index (χ0) is 22.7. The van der Waals surface area contributed by atoms with Gasteiger partial charge in [0.15, 0.2) is 11.7 Å². The predicted octanol–water partition coefficient (Wildman–Crippen LogP) is 4.14. The van der Waals surface area contributed by atoms with Gasteiger partial charge in [-0.05, 0) is 54.7 Å². The molecule has 4 rings (SSSR count). The molecule has 0 bridgehead atoms. The Kier molecular flexibility index (Phi) is 6.10. The Hall–Kier alpha value is -3.45. The molecule has 164 valence electrons. The van der Waals surface area contributed by atoms with Gasteiger partial charge < -0.3 is 10.6 Å². The van der Waals surface area contributed by atoms with E-state index in [4.69, 9.17) is 10.7 Å². The van der Waals surface area contributed by atoms with Gasteiger partial charge in [-0.1, -0.05) is 60.7 Å². The lowest BCUT2D eigenvalue weighted by atomic mass is 10.00. The first-order chi connectivity index (χ1) is 15.3. The van der Waals surface area contributed by atoms with Crippen molar-refractivity contribution in [3.8, 4) is 0 Å². The quantitative estimate of drug-likeness (QED) is 0.484. The van der Waals surface area contributed by atoms with E-state index in [0.29, 0.717) is 24.5 Å². The summed E-state index contributed by atoms with van der Waals surface area (Å²) >= 11 is 0. The van der Waals surface area contributed by atoms with Crippen LogP contribution in [0.15, 0.2) is 87.1 Å². The van der Waals surface area contributed by atoms with Gasteiger partial charge in [-0.25, -0.2) is 4.99 Å². The molecule has 0 radical (unpaired) electrons. The molecule has 0 amide bonds. The van der Waals surface area contributed by atoms with Gasteiger partial charge in [0, 0.05) is 13.1 Å². The second-order valence-electron chi connectivity index (χ2n) is 7.88. The summed E-state index contributed by atoms with van der Waals surface area (Å²) in [4.78, 5) is 6.92. The summed E-state index contributed by atoms with van der Waals surface area (Å²) in [6.07, 6.45) is 0.820. The highest BCUT2D eigenvalue weighted by Gasteiger charge is 2.24. The van der Waals surface area contributed by atoms with E-state index in [1.54, 1.807) is 25.1 Å². The molecule has 1 aliphatic heterocycles. The van der Waals surface area contributed by atoms with Crippen molar-refractivity contribution < 1.29 is 8.42 Å². The number of aryl methyl sites for hydroxylation is 2. The molecule has 3 aromatic rings. The molecule has 1 heterocycles. The minimum Gasteiger partial charge on any atom is -0.380 e. The summed E-state index contributed by atoms with van der Waals surface area (Å²) in [5, 5.41) is 0. The van der Waals surface area contributed by atoms with E-state index >= 15 is 0 Å². The first-order valence-electron chi connectivity index (χ1n) is 10.5. The molecule has 0 atom stereocenters. The Labute approximate surface area is 189 Å². The largest absolute Gasteiger partial charge is 0.380 e. The lowest BCUT2D eigenvalue weighted by Crippen LogP contribution is -2.43. The second kappa shape index (κ2) is 8.96. The summed E-state index contributed by atoms with van der Waals surface area (Å²) in [5.41, 5.74) is 11.1. The number of hydrogen-bond donors (Lipinski definition) is 1. The fourth-order valence-corrected chi connectivity index (χ4v) is 5.00. The lowest BCUT2D eigenvalue weighted by Gasteiger charge is -2.31. The maximum atomic E-state index is 13.0. The summed E-state index contributed by atoms with van der Waals surface area (Å²) in [7, 11) is -3.98. The molecular formula is C25H26N4O2S. The van der Waals surface area contributed by atoms with E-state index in [2.05, 4.69) is 16.5 Å². The number of amidine groups is 2. The Bertz CT molecular complexity index is 1310. The van der Waals surface area contributed by atoms with Crippen molar-refractivity contribution in [1.82, 2.24) is 4.90 Å². The van der Waals surface area contributed by atoms with E-state index in [1.165, 1.54) is 17.2 Å². The van der Waals surface area contributed by atoms with Crippen LogP contribution in [0.5, 0.6) is 0 Å². The minimum absolute atomic E-state index is 0.115. The van der Waals surface area contributed by atoms with Crippen LogP contribution in [0.2, 0.25) is 0 Å². The smallest absolute Gasteiger partial charge is 0.284 e. The molecule has 0 saturated carbocycles. The second-order valence-corrected chi connectivity index (χ2v) is 9.45. The van der Waals surface area contributed by atoms with E-state index in [9.17, 15) is 8.42 Å². The zero-order valence-corrected chi connectivity index (χ0v) is 19.0. The van der Waals surface area contributed by atoms with E-state index in [1.807, 2.05) is 48.2 Å². The van der Waals surface area contributed by atoms with E-state index in [0.717, 1.165) is 17.7 Å². The Balaban J connectivity index is 1.79. The van der Waals surface area contributed by atoms with Crippen molar-refractivity contribution in [2.45, 2.75) is 31.7 Å². The minimum atomic E-state index is -3.98. The lowest BCUT2D eigenvalue weighted by molar-refractivity contribution is 0.398. The SMILES string of the molecule is Cc1ccccc1N=C(C(N)=NS(=O)(=O)c1ccccc1C)N1CCc2ccccc2C1. The Morgan fingerprint density at radius 2 is 1.50 bits per heavy atom. The first kappa shape index (κ1) is 21.8. The van der Waals surface area contributed by atoms with Gasteiger partial charge in [0.25, 0.3) is 10.0 Å². The highest BCUT2D eigenvalue weighted by Crippen LogP contribution is 2.23. The molecule has 0 unspecified atom stereocenters. The number of benzene rings is 3. The van der Waals surface area contributed by atoms with Crippen molar-refractivity contribution in [3.63, 3.8) is 0 Å². The molecule has 32 heavy (non-hydrogen) atoms. The highest BCUT2D eigenvalue weighted by atomic mass is 32.2. The van der Waals surface area contributed by atoms with Crippen molar-refractivity contribution in [2.75, 3.05) is 6.54 Å². The van der Waals surface area contributed by atoms with Gasteiger partial charge in [-0.15, -0.1) is 4.40 Å². The van der Waals surface area contributed by atoms with Crippen LogP contribution in [0, 0.1) is 13.8 Å². The van der Waals surface area contributed by atoms with Crippen molar-refractivity contribution >= 4 is 27.4 Å². The summed E-state index contributed by atoms with van der Waals surface area (Å²) in [6, 6.07) is 22.6. The van der Waals surface area contributed by atoms with Crippen LogP contribution in [0.1, 0.15) is 22.3 Å². The average molecular weight is 447 g/mol. The predicted molar refractivity (Wildman–Crippen MR) is 129 cm³/mol. The van der Waals surface area contributed by atoms with E-state index in [-0.39, 0.29) is 10.7 Å². The number of rotatable bonds is 3. The molecule has 0 aromatic heterocycles. The fourth-order valence-electron chi connectivity index (χ4n) is 3.83. The van der Waals surface area contributed by atoms with Crippen LogP contribution in [-0.4, -0.2) is 31.5 Å². The van der Waals surface area contributed by atoms with Crippen molar-refractivity contribution in [3.05, 3.63) is 95.1 Å². The maximum Gasteiger partial charge on any atom is 0.284 e. The molecule has 0 saturated heterocycles. The van der Waals surface area contributed by atoms with Gasteiger partial charge in [0.05, 0.1) is 10.6 Å². The number of sulfonamides is 1. The monoisotopic (exact) mass is 446 g/mol. The van der Waals surface area contributed by atoms with Crippen LogP contribution in [-0.2, 0) is 23.0 Å². The number of nitrogens with zero attached hydrogens (tertiary/aromatic N) is 3. The Morgan fingerprint density at radius 3 is 2.22 bits per heavy atom. The molecule has 6 nitrogen and oxygen atoms in total. The standard InChI is InChI=1S/C25H26N4O2S/c1-18-9-3-7-13-22(18)27-25(29-16-15-20-11-5-6-12-21(20)17-29)24(26)28-32(30,31)23-14-8-4-10-19(23)2/h3-14H,15-17H2,1-2H3,(H2,26,28). The molecule has 2 N–H and O–H groups in total. The molecular weight excluding hydrogens is 420 g/mol. The third-order valence-electron chi connectivity index (χ3n) is 5.59. The number of nitrogens with two attached hydrogens (primary N) is 1. The number of fused-ring (bicyclic) bond motifs is 1. The molecule has 3 aromatic carbocycles. The molecule has 0 fully saturated rings. The zero-order valence-electron chi connectivity index (χ0n) is 18.2. The fraction of sp³-hybridized carbons (Fsp3) is 0.200. The number of para-hydroxylation sites is 1. The maximum absolute atomic E-state index is 13.0. The molecule has 1 aliphatic rings. The van der Waals surface area contributed by atoms with Crippen LogP contribution in [0.25, 0.3) is 0 Å². The average Bonchev–Trinajstić information content (AvgIpc) is 2.78. The summed E-state index contributed by atoms with van der Waals surface area (Å²) in [5.74, 6) is 0.252. The molecule has 7 heteroatoms. The van der Waals surface area contributed by atoms with Gasteiger partial charge in [-0.2, -0.15) is 8.42 Å². The third-order valence-corrected chi connectivity index (χ3v) is 7.04. The van der Waals surface area contributed by atoms with Crippen molar-refractivity contribution in [2.24, 2.45) is 15.1 Å². The van der Waals surface area contributed by atoms with Gasteiger partial charge in [0.1, 0.15) is 0 Å². The number of hydrogen-bond acceptors (Lipinski definition) is 3. The van der Waals surface area contributed by atoms with Crippen molar-refractivity contribution in [1.29, 1.82) is 0 Å². The van der Waals surface area contributed by atoms with Gasteiger partial charge in [-0.3, -0.25) is 0 Å². The normalized spacial score (nSPS) is 14.9. The highest BCUT2D eigenvalue weighted by molar-refractivity contribution is 7.90.